The lowest BCUT2D eigenvalue weighted by Gasteiger charge is -2.22. The fraction of sp³-hybridized carbons (Fsp3) is 0.213. The standard InChI is InChI=1S/C47H46N6O8S2/c1-31-28-33(46(54)50-63(59,60)36-22-24-40(43(29-36)53(57)58)48-34(25-26-51(2)3)30-62-35-14-5-4-6-15-35)21-23-37(31)41-18-10-19-42-39(45(47(55)56)49-52(41)42)17-11-27-61-44-20-9-13-32-12-7-8-16-38(32)44/h4-10,12-16,18-24,28-29,34,48H,11,17,25-27,30H2,1-3H3,(H,50,54)(H,55,56)/t34-/m1/s1. The predicted octanol–water partition coefficient (Wildman–Crippen LogP) is 8.72. The summed E-state index contributed by atoms with van der Waals surface area (Å²) in [4.78, 5) is 40.1. The number of nitrogens with zero attached hydrogens (tertiary/aromatic N) is 4. The van der Waals surface area contributed by atoms with Crippen molar-refractivity contribution in [2.24, 2.45) is 0 Å². The summed E-state index contributed by atoms with van der Waals surface area (Å²) < 4.78 is 36.8. The van der Waals surface area contributed by atoms with Crippen molar-refractivity contribution in [3.8, 4) is 17.0 Å². The predicted molar refractivity (Wildman–Crippen MR) is 246 cm³/mol. The van der Waals surface area contributed by atoms with E-state index in [0.29, 0.717) is 59.5 Å². The van der Waals surface area contributed by atoms with Gasteiger partial charge in [0.15, 0.2) is 5.69 Å². The molecule has 0 spiro atoms. The molecule has 3 N–H and O–H groups in total. The van der Waals surface area contributed by atoms with Crippen molar-refractivity contribution in [3.05, 3.63) is 160 Å². The number of anilines is 1. The highest BCUT2D eigenvalue weighted by Gasteiger charge is 2.26. The van der Waals surface area contributed by atoms with Crippen LogP contribution >= 0.6 is 11.8 Å². The first-order chi connectivity index (χ1) is 30.3. The third-order valence-corrected chi connectivity index (χ3v) is 13.0. The fourth-order valence-electron chi connectivity index (χ4n) is 7.32. The van der Waals surface area contributed by atoms with Gasteiger partial charge in [-0.3, -0.25) is 14.9 Å². The fourth-order valence-corrected chi connectivity index (χ4v) is 9.31. The second kappa shape index (κ2) is 19.5. The van der Waals surface area contributed by atoms with E-state index in [2.05, 4.69) is 15.1 Å². The summed E-state index contributed by atoms with van der Waals surface area (Å²) in [5.74, 6) is -0.749. The Morgan fingerprint density at radius 3 is 2.43 bits per heavy atom. The zero-order valence-electron chi connectivity index (χ0n) is 34.9. The van der Waals surface area contributed by atoms with Crippen LogP contribution < -0.4 is 14.8 Å². The summed E-state index contributed by atoms with van der Waals surface area (Å²) in [6.45, 7) is 2.82. The van der Waals surface area contributed by atoms with Crippen molar-refractivity contribution < 1.29 is 32.8 Å². The second-order valence-electron chi connectivity index (χ2n) is 15.2. The maximum absolute atomic E-state index is 13.5. The topological polar surface area (TPSA) is 185 Å². The molecule has 7 rings (SSSR count). The van der Waals surface area contributed by atoms with Gasteiger partial charge in [-0.05, 0) is 112 Å². The van der Waals surface area contributed by atoms with Gasteiger partial charge in [-0.15, -0.1) is 11.8 Å². The molecule has 63 heavy (non-hydrogen) atoms. The Morgan fingerprint density at radius 1 is 0.937 bits per heavy atom. The molecule has 1 amide bonds. The number of carboxylic acid groups (broad SMARTS) is 1. The van der Waals surface area contributed by atoms with Gasteiger partial charge in [0.2, 0.25) is 0 Å². The van der Waals surface area contributed by atoms with Gasteiger partial charge in [0, 0.05) is 44.8 Å². The van der Waals surface area contributed by atoms with Gasteiger partial charge >= 0.3 is 5.97 Å². The zero-order valence-corrected chi connectivity index (χ0v) is 36.5. The summed E-state index contributed by atoms with van der Waals surface area (Å²) >= 11 is 1.61. The zero-order chi connectivity index (χ0) is 44.7. The van der Waals surface area contributed by atoms with Crippen LogP contribution in [0.4, 0.5) is 11.4 Å². The minimum atomic E-state index is -4.55. The molecule has 0 aliphatic heterocycles. The summed E-state index contributed by atoms with van der Waals surface area (Å²) in [5.41, 5.74) is 2.61. The number of nitro benzene ring substituents is 1. The van der Waals surface area contributed by atoms with Crippen LogP contribution in [-0.4, -0.2) is 83.9 Å². The van der Waals surface area contributed by atoms with Crippen molar-refractivity contribution in [2.45, 2.75) is 42.0 Å². The van der Waals surface area contributed by atoms with Gasteiger partial charge in [0.05, 0.1) is 27.6 Å². The number of nitrogens with one attached hydrogen (secondary N) is 2. The molecule has 0 bridgehead atoms. The molecule has 14 nitrogen and oxygen atoms in total. The van der Waals surface area contributed by atoms with E-state index < -0.39 is 37.4 Å². The third kappa shape index (κ3) is 10.5. The van der Waals surface area contributed by atoms with Gasteiger partial charge in [-0.25, -0.2) is 22.4 Å². The highest BCUT2D eigenvalue weighted by atomic mass is 32.2. The number of fused-ring (bicyclic) bond motifs is 2. The molecule has 2 aromatic heterocycles. The Hall–Kier alpha value is -6.75. The Labute approximate surface area is 369 Å². The molecule has 0 saturated heterocycles. The van der Waals surface area contributed by atoms with E-state index in [1.807, 2.05) is 91.8 Å². The molecular weight excluding hydrogens is 841 g/mol. The van der Waals surface area contributed by atoms with Gasteiger partial charge < -0.3 is 20.1 Å². The Morgan fingerprint density at radius 2 is 1.68 bits per heavy atom. The van der Waals surface area contributed by atoms with E-state index in [1.165, 1.54) is 24.3 Å². The smallest absolute Gasteiger partial charge is 0.356 e. The maximum Gasteiger partial charge on any atom is 0.356 e. The molecule has 0 saturated carbocycles. The minimum Gasteiger partial charge on any atom is -0.493 e. The van der Waals surface area contributed by atoms with Crippen LogP contribution in [-0.2, 0) is 16.4 Å². The van der Waals surface area contributed by atoms with E-state index in [9.17, 15) is 33.2 Å². The maximum atomic E-state index is 13.5. The summed E-state index contributed by atoms with van der Waals surface area (Å²) in [7, 11) is -0.667. The molecule has 0 aliphatic carbocycles. The van der Waals surface area contributed by atoms with Crippen LogP contribution in [0.3, 0.4) is 0 Å². The van der Waals surface area contributed by atoms with Crippen molar-refractivity contribution in [1.29, 1.82) is 0 Å². The van der Waals surface area contributed by atoms with Gasteiger partial charge in [0.25, 0.3) is 21.6 Å². The largest absolute Gasteiger partial charge is 0.493 e. The Bertz CT molecular complexity index is 2920. The highest BCUT2D eigenvalue weighted by molar-refractivity contribution is 7.99. The van der Waals surface area contributed by atoms with E-state index in [0.717, 1.165) is 34.0 Å². The van der Waals surface area contributed by atoms with E-state index >= 15 is 0 Å². The Balaban J connectivity index is 1.06. The molecule has 0 unspecified atom stereocenters. The summed E-state index contributed by atoms with van der Waals surface area (Å²) in [5, 5.41) is 32.2. The molecule has 16 heteroatoms. The van der Waals surface area contributed by atoms with E-state index in [4.69, 9.17) is 4.74 Å². The number of rotatable bonds is 19. The van der Waals surface area contributed by atoms with Crippen molar-refractivity contribution >= 4 is 61.3 Å². The number of aromatic carboxylic acids is 1. The van der Waals surface area contributed by atoms with Crippen molar-refractivity contribution in [3.63, 3.8) is 0 Å². The summed E-state index contributed by atoms with van der Waals surface area (Å²) in [6.07, 6.45) is 1.59. The number of thioether (sulfide) groups is 1. The molecule has 7 aromatic rings. The first kappa shape index (κ1) is 44.3. The van der Waals surface area contributed by atoms with Crippen LogP contribution in [0.25, 0.3) is 27.5 Å². The van der Waals surface area contributed by atoms with E-state index in [1.54, 1.807) is 47.5 Å². The van der Waals surface area contributed by atoms with E-state index in [-0.39, 0.29) is 23.0 Å². The van der Waals surface area contributed by atoms with Gasteiger partial charge in [-0.2, -0.15) is 5.10 Å². The minimum absolute atomic E-state index is 0.0259. The van der Waals surface area contributed by atoms with Crippen LogP contribution in [0.2, 0.25) is 0 Å². The van der Waals surface area contributed by atoms with Crippen LogP contribution in [0.15, 0.2) is 137 Å². The number of aryl methyl sites for hydroxylation is 2. The lowest BCUT2D eigenvalue weighted by molar-refractivity contribution is -0.384. The molecule has 5 aromatic carbocycles. The summed E-state index contributed by atoms with van der Waals surface area (Å²) in [6, 6.07) is 36.9. The quantitative estimate of drug-likeness (QED) is 0.0304. The Kier molecular flexibility index (Phi) is 13.7. The van der Waals surface area contributed by atoms with Crippen molar-refractivity contribution in [2.75, 3.05) is 38.3 Å². The molecule has 0 aliphatic rings. The number of sulfonamides is 1. The molecule has 0 fully saturated rings. The number of aromatic nitrogens is 2. The molecule has 324 valence electrons. The number of carbonyl (C=O) groups excluding carboxylic acids is 1. The second-order valence-corrected chi connectivity index (χ2v) is 18.0. The molecular formula is C47H46N6O8S2. The van der Waals surface area contributed by atoms with Crippen molar-refractivity contribution in [1.82, 2.24) is 19.2 Å². The van der Waals surface area contributed by atoms with Crippen LogP contribution in [0.1, 0.15) is 44.8 Å². The third-order valence-electron chi connectivity index (χ3n) is 10.5. The first-order valence-corrected chi connectivity index (χ1v) is 22.7. The number of carbonyl (C=O) groups is 2. The average Bonchev–Trinajstić information content (AvgIpc) is 3.65. The van der Waals surface area contributed by atoms with Gasteiger partial charge in [0.1, 0.15) is 11.4 Å². The first-order valence-electron chi connectivity index (χ1n) is 20.2. The van der Waals surface area contributed by atoms with Crippen LogP contribution in [0.5, 0.6) is 5.75 Å². The SMILES string of the molecule is Cc1cc(C(=O)NS(=O)(=O)c2ccc(N[C@H](CCN(C)C)CSc3ccccc3)c([N+](=O)[O-])c2)ccc1-c1cccc2c(CCCOc3cccc4ccccc34)c(C(=O)O)nn12. The van der Waals surface area contributed by atoms with Crippen LogP contribution in [0, 0.1) is 17.0 Å². The number of carboxylic acids is 1. The number of amides is 1. The average molecular weight is 887 g/mol. The molecule has 2 heterocycles. The number of ether oxygens (including phenoxy) is 1. The normalized spacial score (nSPS) is 12.1. The number of hydrogen-bond acceptors (Lipinski definition) is 11. The number of nitro groups is 1. The molecule has 0 radical (unpaired) electrons. The molecule has 1 atom stereocenters. The number of hydrogen-bond donors (Lipinski definition) is 3. The lowest BCUT2D eigenvalue weighted by atomic mass is 10.0. The number of pyridine rings is 1. The lowest BCUT2D eigenvalue weighted by Crippen LogP contribution is -2.31. The number of benzene rings is 5. The highest BCUT2D eigenvalue weighted by Crippen LogP contribution is 2.32. The monoisotopic (exact) mass is 886 g/mol. The van der Waals surface area contributed by atoms with Gasteiger partial charge in [-0.1, -0.05) is 66.7 Å².